The summed E-state index contributed by atoms with van der Waals surface area (Å²) in [7, 11) is -3.69. The second-order valence-electron chi connectivity index (χ2n) is 5.31. The van der Waals surface area contributed by atoms with Crippen molar-refractivity contribution in [3.05, 3.63) is 41.1 Å². The Kier molecular flexibility index (Phi) is 3.51. The molecule has 1 aromatic rings. The van der Waals surface area contributed by atoms with Gasteiger partial charge in [0, 0.05) is 0 Å². The van der Waals surface area contributed by atoms with Gasteiger partial charge in [0.2, 0.25) is 10.0 Å². The van der Waals surface area contributed by atoms with E-state index in [4.69, 9.17) is 9.47 Å². The first kappa shape index (κ1) is 14.5. The molecule has 1 saturated heterocycles. The zero-order valence-corrected chi connectivity index (χ0v) is 12.3. The van der Waals surface area contributed by atoms with Gasteiger partial charge in [-0.3, -0.25) is 0 Å². The number of para-hydroxylation sites is 1. The van der Waals surface area contributed by atoms with Gasteiger partial charge in [0.05, 0.1) is 4.91 Å². The van der Waals surface area contributed by atoms with Gasteiger partial charge >= 0.3 is 0 Å². The van der Waals surface area contributed by atoms with E-state index in [1.165, 1.54) is 18.2 Å². The van der Waals surface area contributed by atoms with Gasteiger partial charge in [-0.25, -0.2) is 12.8 Å². The maximum absolute atomic E-state index is 13.6. The molecule has 0 bridgehead atoms. The predicted octanol–water partition coefficient (Wildman–Crippen LogP) is 2.26. The summed E-state index contributed by atoms with van der Waals surface area (Å²) in [6, 6.07) is 5.78. The Bertz CT molecular complexity index is 688. The minimum absolute atomic E-state index is 0.0583. The Morgan fingerprint density at radius 3 is 2.95 bits per heavy atom. The van der Waals surface area contributed by atoms with Crippen LogP contribution in [0.1, 0.15) is 26.2 Å². The molecule has 21 heavy (non-hydrogen) atoms. The number of allylic oxidation sites excluding steroid dienone is 1. The Labute approximate surface area is 122 Å². The molecule has 0 amide bonds. The summed E-state index contributed by atoms with van der Waals surface area (Å²) in [6.07, 6.45) is 2.55. The standard InChI is InChI=1S/C14H16FNO4S/c1-14-9-5-4-8-12(14)21(17,18)16-13(20-14)19-11-7-3-2-6-10(11)15/h2-3,6-8,13,16H,4-5,9H2,1H3. The van der Waals surface area contributed by atoms with Crippen molar-refractivity contribution in [2.45, 2.75) is 38.2 Å². The number of benzene rings is 1. The smallest absolute Gasteiger partial charge is 0.273 e. The van der Waals surface area contributed by atoms with Crippen LogP contribution < -0.4 is 9.46 Å². The molecule has 1 aliphatic carbocycles. The molecule has 1 aromatic carbocycles. The first-order valence-corrected chi connectivity index (χ1v) is 8.21. The average molecular weight is 313 g/mol. The summed E-state index contributed by atoms with van der Waals surface area (Å²) in [5, 5.41) is 0. The summed E-state index contributed by atoms with van der Waals surface area (Å²) in [5.41, 5.74) is -0.932. The van der Waals surface area contributed by atoms with Crippen LogP contribution in [0.3, 0.4) is 0 Å². The van der Waals surface area contributed by atoms with Crippen LogP contribution in [-0.2, 0) is 14.8 Å². The lowest BCUT2D eigenvalue weighted by Crippen LogP contribution is -2.56. The normalized spacial score (nSPS) is 31.1. The summed E-state index contributed by atoms with van der Waals surface area (Å²) in [4.78, 5) is 0.231. The molecule has 1 N–H and O–H groups in total. The van der Waals surface area contributed by atoms with Crippen molar-refractivity contribution < 1.29 is 22.3 Å². The molecule has 3 rings (SSSR count). The fraction of sp³-hybridized carbons (Fsp3) is 0.429. The van der Waals surface area contributed by atoms with E-state index in [2.05, 4.69) is 4.72 Å². The van der Waals surface area contributed by atoms with Gasteiger partial charge in [0.15, 0.2) is 11.6 Å². The monoisotopic (exact) mass is 313 g/mol. The van der Waals surface area contributed by atoms with E-state index < -0.39 is 27.9 Å². The molecule has 5 nitrogen and oxygen atoms in total. The highest BCUT2D eigenvalue weighted by molar-refractivity contribution is 7.93. The molecule has 1 fully saturated rings. The highest BCUT2D eigenvalue weighted by atomic mass is 32.2. The molecule has 0 aromatic heterocycles. The van der Waals surface area contributed by atoms with Crippen molar-refractivity contribution in [2.24, 2.45) is 0 Å². The molecular weight excluding hydrogens is 297 g/mol. The zero-order valence-electron chi connectivity index (χ0n) is 11.5. The van der Waals surface area contributed by atoms with Crippen LogP contribution in [0.2, 0.25) is 0 Å². The van der Waals surface area contributed by atoms with Gasteiger partial charge in [-0.2, -0.15) is 0 Å². The van der Waals surface area contributed by atoms with Crippen LogP contribution in [0, 0.1) is 5.82 Å². The largest absolute Gasteiger partial charge is 0.447 e. The van der Waals surface area contributed by atoms with E-state index in [0.29, 0.717) is 12.8 Å². The number of ether oxygens (including phenoxy) is 2. The molecule has 0 saturated carbocycles. The van der Waals surface area contributed by atoms with Crippen LogP contribution in [0.25, 0.3) is 0 Å². The fourth-order valence-corrected chi connectivity index (χ4v) is 4.21. The van der Waals surface area contributed by atoms with Gasteiger partial charge in [0.25, 0.3) is 6.41 Å². The van der Waals surface area contributed by atoms with E-state index >= 15 is 0 Å². The van der Waals surface area contributed by atoms with Crippen molar-refractivity contribution in [1.82, 2.24) is 4.72 Å². The van der Waals surface area contributed by atoms with Crippen LogP contribution in [-0.4, -0.2) is 20.4 Å². The second kappa shape index (κ2) is 5.08. The summed E-state index contributed by atoms with van der Waals surface area (Å²) in [5.74, 6) is -0.632. The van der Waals surface area contributed by atoms with Crippen LogP contribution in [0.5, 0.6) is 5.75 Å². The highest BCUT2D eigenvalue weighted by Gasteiger charge is 2.47. The minimum atomic E-state index is -3.69. The van der Waals surface area contributed by atoms with E-state index in [-0.39, 0.29) is 10.7 Å². The number of halogens is 1. The first-order chi connectivity index (χ1) is 9.91. The van der Waals surface area contributed by atoms with Gasteiger partial charge < -0.3 is 9.47 Å². The van der Waals surface area contributed by atoms with Gasteiger partial charge in [-0.1, -0.05) is 18.2 Å². The third-order valence-electron chi connectivity index (χ3n) is 3.69. The topological polar surface area (TPSA) is 64.6 Å². The van der Waals surface area contributed by atoms with Gasteiger partial charge in [-0.05, 0) is 38.3 Å². The Morgan fingerprint density at radius 1 is 1.43 bits per heavy atom. The summed E-state index contributed by atoms with van der Waals surface area (Å²) < 4.78 is 51.5. The van der Waals surface area contributed by atoms with Crippen LogP contribution >= 0.6 is 0 Å². The van der Waals surface area contributed by atoms with Crippen molar-refractivity contribution in [2.75, 3.05) is 0 Å². The van der Waals surface area contributed by atoms with E-state index in [9.17, 15) is 12.8 Å². The third-order valence-corrected chi connectivity index (χ3v) is 5.37. The number of sulfonamides is 1. The van der Waals surface area contributed by atoms with E-state index in [1.54, 1.807) is 19.1 Å². The Morgan fingerprint density at radius 2 is 2.19 bits per heavy atom. The SMILES string of the molecule is CC12CCCC=C1S(=O)(=O)NC(Oc1ccccc1F)O2. The van der Waals surface area contributed by atoms with Crippen molar-refractivity contribution in [3.8, 4) is 5.75 Å². The molecule has 114 valence electrons. The van der Waals surface area contributed by atoms with Gasteiger partial charge in [-0.15, -0.1) is 4.72 Å². The van der Waals surface area contributed by atoms with E-state index in [0.717, 1.165) is 6.42 Å². The lowest BCUT2D eigenvalue weighted by Gasteiger charge is -2.41. The summed E-state index contributed by atoms with van der Waals surface area (Å²) >= 11 is 0. The first-order valence-electron chi connectivity index (χ1n) is 6.73. The maximum Gasteiger partial charge on any atom is 0.273 e. The number of nitrogens with one attached hydrogen (secondary N) is 1. The number of rotatable bonds is 2. The molecule has 1 aliphatic heterocycles. The average Bonchev–Trinajstić information content (AvgIpc) is 2.40. The molecular formula is C14H16FNO4S. The maximum atomic E-state index is 13.6. The molecule has 0 spiro atoms. The van der Waals surface area contributed by atoms with Crippen LogP contribution in [0.4, 0.5) is 4.39 Å². The highest BCUT2D eigenvalue weighted by Crippen LogP contribution is 2.39. The second-order valence-corrected chi connectivity index (χ2v) is 6.99. The molecule has 0 radical (unpaired) electrons. The molecule has 1 heterocycles. The Hall–Kier alpha value is -1.44. The quantitative estimate of drug-likeness (QED) is 0.909. The molecule has 7 heteroatoms. The van der Waals surface area contributed by atoms with E-state index in [1.807, 2.05) is 0 Å². The van der Waals surface area contributed by atoms with Gasteiger partial charge in [0.1, 0.15) is 5.60 Å². The lowest BCUT2D eigenvalue weighted by atomic mass is 9.92. The van der Waals surface area contributed by atoms with Crippen LogP contribution in [0.15, 0.2) is 35.2 Å². The minimum Gasteiger partial charge on any atom is -0.447 e. The van der Waals surface area contributed by atoms with Crippen molar-refractivity contribution in [1.29, 1.82) is 0 Å². The number of hydrogen-bond donors (Lipinski definition) is 1. The van der Waals surface area contributed by atoms with Crippen molar-refractivity contribution >= 4 is 10.0 Å². The molecule has 2 unspecified atom stereocenters. The molecule has 2 atom stereocenters. The zero-order chi connectivity index (χ0) is 15.1. The molecule has 2 aliphatic rings. The lowest BCUT2D eigenvalue weighted by molar-refractivity contribution is -0.164. The number of fused-ring (bicyclic) bond motifs is 1. The predicted molar refractivity (Wildman–Crippen MR) is 74.3 cm³/mol. The fourth-order valence-electron chi connectivity index (χ4n) is 2.68. The Balaban J connectivity index is 1.88. The summed E-state index contributed by atoms with van der Waals surface area (Å²) in [6.45, 7) is 1.72. The van der Waals surface area contributed by atoms with Crippen molar-refractivity contribution in [3.63, 3.8) is 0 Å². The number of hydrogen-bond acceptors (Lipinski definition) is 4. The third kappa shape index (κ3) is 2.68.